The Morgan fingerprint density at radius 3 is 2.72 bits per heavy atom. The van der Waals surface area contributed by atoms with E-state index in [0.29, 0.717) is 11.3 Å². The number of nitriles is 1. The van der Waals surface area contributed by atoms with Crippen molar-refractivity contribution < 1.29 is 9.37 Å². The molecule has 0 amide bonds. The lowest BCUT2D eigenvalue weighted by Crippen LogP contribution is -2.08. The Morgan fingerprint density at radius 1 is 1.22 bits per heavy atom. The molecule has 0 bridgehead atoms. The van der Waals surface area contributed by atoms with Gasteiger partial charge in [0.1, 0.15) is 5.82 Å². The van der Waals surface area contributed by atoms with Gasteiger partial charge in [-0.2, -0.15) is 5.26 Å². The van der Waals surface area contributed by atoms with Gasteiger partial charge in [-0.25, -0.2) is 9.37 Å². The summed E-state index contributed by atoms with van der Waals surface area (Å²) < 4.78 is 13.2. The van der Waals surface area contributed by atoms with E-state index in [0.717, 1.165) is 5.82 Å². The summed E-state index contributed by atoms with van der Waals surface area (Å²) in [5.41, 5.74) is 1.30. The van der Waals surface area contributed by atoms with Crippen LogP contribution < -0.4 is 4.98 Å². The SMILES string of the molecule is Cc1nc(C#Cc2cc(F)cc(C#N)c2)cc[nH+]1. The molecule has 86 valence electrons. The minimum absolute atomic E-state index is 0.254. The maximum absolute atomic E-state index is 13.2. The van der Waals surface area contributed by atoms with Crippen molar-refractivity contribution in [3.05, 3.63) is 58.9 Å². The summed E-state index contributed by atoms with van der Waals surface area (Å²) in [5, 5.41) is 8.73. The van der Waals surface area contributed by atoms with Crippen LogP contribution in [0.15, 0.2) is 30.5 Å². The average molecular weight is 238 g/mol. The van der Waals surface area contributed by atoms with Crippen LogP contribution >= 0.6 is 0 Å². The molecule has 2 rings (SSSR count). The Hall–Kier alpha value is -2.72. The number of aromatic amines is 1. The van der Waals surface area contributed by atoms with Crippen molar-refractivity contribution in [2.75, 3.05) is 0 Å². The predicted molar refractivity (Wildman–Crippen MR) is 62.6 cm³/mol. The second-order valence-electron chi connectivity index (χ2n) is 3.65. The summed E-state index contributed by atoms with van der Waals surface area (Å²) in [5.74, 6) is 5.89. The van der Waals surface area contributed by atoms with Crippen molar-refractivity contribution >= 4 is 0 Å². The second kappa shape index (κ2) is 5.07. The minimum atomic E-state index is -0.469. The van der Waals surface area contributed by atoms with E-state index in [9.17, 15) is 4.39 Å². The molecule has 1 aromatic heterocycles. The molecule has 3 nitrogen and oxygen atoms in total. The Bertz CT molecular complexity index is 690. The molecule has 0 aliphatic rings. The fourth-order valence-electron chi connectivity index (χ4n) is 1.42. The maximum Gasteiger partial charge on any atom is 0.294 e. The van der Waals surface area contributed by atoms with E-state index in [1.807, 2.05) is 13.0 Å². The predicted octanol–water partition coefficient (Wildman–Crippen LogP) is 1.61. The zero-order valence-corrected chi connectivity index (χ0v) is 9.66. The number of H-pyrrole nitrogens is 1. The van der Waals surface area contributed by atoms with E-state index in [1.165, 1.54) is 18.2 Å². The van der Waals surface area contributed by atoms with Gasteiger partial charge >= 0.3 is 0 Å². The first-order valence-corrected chi connectivity index (χ1v) is 5.25. The molecule has 4 heteroatoms. The fourth-order valence-corrected chi connectivity index (χ4v) is 1.42. The van der Waals surface area contributed by atoms with Crippen LogP contribution in [0.25, 0.3) is 0 Å². The molecule has 0 radical (unpaired) electrons. The van der Waals surface area contributed by atoms with Gasteiger partial charge in [-0.1, -0.05) is 5.92 Å². The van der Waals surface area contributed by atoms with E-state index in [4.69, 9.17) is 5.26 Å². The Labute approximate surface area is 104 Å². The summed E-state index contributed by atoms with van der Waals surface area (Å²) in [4.78, 5) is 7.08. The molecule has 0 fully saturated rings. The van der Waals surface area contributed by atoms with E-state index < -0.39 is 5.82 Å². The van der Waals surface area contributed by atoms with Crippen molar-refractivity contribution in [1.29, 1.82) is 5.26 Å². The standard InChI is InChI=1S/C14H8FN3/c1-10-17-5-4-14(18-10)3-2-11-6-12(9-16)8-13(15)7-11/h4-8H,1H3/p+1. The first-order valence-electron chi connectivity index (χ1n) is 5.25. The number of nitrogens with zero attached hydrogens (tertiary/aromatic N) is 2. The third kappa shape index (κ3) is 2.90. The molecule has 0 atom stereocenters. The summed E-state index contributed by atoms with van der Waals surface area (Å²) >= 11 is 0. The van der Waals surface area contributed by atoms with Gasteiger partial charge < -0.3 is 0 Å². The normalized spacial score (nSPS) is 9.17. The topological polar surface area (TPSA) is 50.8 Å². The number of hydrogen-bond acceptors (Lipinski definition) is 2. The van der Waals surface area contributed by atoms with Gasteiger partial charge in [0.2, 0.25) is 5.69 Å². The fraction of sp³-hybridized carbons (Fsp3) is 0.0714. The van der Waals surface area contributed by atoms with Crippen LogP contribution in [0.1, 0.15) is 22.6 Å². The number of rotatable bonds is 0. The summed E-state index contributed by atoms with van der Waals surface area (Å²) in [6.07, 6.45) is 1.73. The van der Waals surface area contributed by atoms with Gasteiger partial charge in [0.15, 0.2) is 0 Å². The van der Waals surface area contributed by atoms with Crippen LogP contribution in [-0.2, 0) is 0 Å². The molecule has 1 heterocycles. The molecule has 0 spiro atoms. The van der Waals surface area contributed by atoms with Gasteiger partial charge in [-0.05, 0) is 29.1 Å². The third-order valence-corrected chi connectivity index (χ3v) is 2.18. The molecule has 18 heavy (non-hydrogen) atoms. The maximum atomic E-state index is 13.2. The second-order valence-corrected chi connectivity index (χ2v) is 3.65. The highest BCUT2D eigenvalue weighted by atomic mass is 19.1. The molecule has 0 aliphatic carbocycles. The largest absolute Gasteiger partial charge is 0.294 e. The highest BCUT2D eigenvalue weighted by Gasteiger charge is 2.00. The molecule has 0 aliphatic heterocycles. The highest BCUT2D eigenvalue weighted by Crippen LogP contribution is 2.07. The van der Waals surface area contributed by atoms with Gasteiger partial charge in [0.25, 0.3) is 5.82 Å². The molecule has 2 aromatic rings. The average Bonchev–Trinajstić information content (AvgIpc) is 2.36. The quantitative estimate of drug-likeness (QED) is 0.655. The first kappa shape index (κ1) is 11.8. The van der Waals surface area contributed by atoms with Crippen LogP contribution in [-0.4, -0.2) is 4.98 Å². The van der Waals surface area contributed by atoms with Gasteiger partial charge in [0, 0.05) is 18.6 Å². The molecule has 0 saturated heterocycles. The zero-order chi connectivity index (χ0) is 13.0. The van der Waals surface area contributed by atoms with Crippen LogP contribution in [0.2, 0.25) is 0 Å². The van der Waals surface area contributed by atoms with E-state index in [1.54, 1.807) is 12.3 Å². The smallest absolute Gasteiger partial charge is 0.248 e. The third-order valence-electron chi connectivity index (χ3n) is 2.18. The lowest BCUT2D eigenvalue weighted by Gasteiger charge is -1.92. The van der Waals surface area contributed by atoms with Crippen molar-refractivity contribution in [2.24, 2.45) is 0 Å². The lowest BCUT2D eigenvalue weighted by atomic mass is 10.1. The lowest BCUT2D eigenvalue weighted by molar-refractivity contribution is -0.392. The van der Waals surface area contributed by atoms with Crippen LogP contribution in [0, 0.1) is 35.9 Å². The van der Waals surface area contributed by atoms with Crippen LogP contribution in [0.5, 0.6) is 0 Å². The first-order chi connectivity index (χ1) is 8.67. The molecule has 1 aromatic carbocycles. The number of nitrogens with one attached hydrogen (secondary N) is 1. The number of halogens is 1. The summed E-state index contributed by atoms with van der Waals surface area (Å²) in [6, 6.07) is 7.61. The van der Waals surface area contributed by atoms with Crippen molar-refractivity contribution in [3.63, 3.8) is 0 Å². The number of benzene rings is 1. The van der Waals surface area contributed by atoms with Crippen molar-refractivity contribution in [2.45, 2.75) is 6.92 Å². The Balaban J connectivity index is 2.36. The van der Waals surface area contributed by atoms with Crippen molar-refractivity contribution in [3.8, 4) is 17.9 Å². The molecule has 0 unspecified atom stereocenters. The number of hydrogen-bond donors (Lipinski definition) is 0. The van der Waals surface area contributed by atoms with E-state index in [-0.39, 0.29) is 5.56 Å². The summed E-state index contributed by atoms with van der Waals surface area (Å²) in [6.45, 7) is 1.82. The monoisotopic (exact) mass is 238 g/mol. The number of aromatic nitrogens is 2. The summed E-state index contributed by atoms with van der Waals surface area (Å²) in [7, 11) is 0. The highest BCUT2D eigenvalue weighted by molar-refractivity contribution is 5.44. The number of aryl methyl sites for hydroxylation is 1. The Kier molecular flexibility index (Phi) is 3.31. The molecular weight excluding hydrogens is 229 g/mol. The van der Waals surface area contributed by atoms with E-state index in [2.05, 4.69) is 21.8 Å². The van der Waals surface area contributed by atoms with Gasteiger partial charge in [0.05, 0.1) is 17.8 Å². The van der Waals surface area contributed by atoms with Gasteiger partial charge in [-0.3, -0.25) is 0 Å². The van der Waals surface area contributed by atoms with Crippen LogP contribution in [0.4, 0.5) is 4.39 Å². The molecule has 1 N–H and O–H groups in total. The molecular formula is C14H9FN3+. The zero-order valence-electron chi connectivity index (χ0n) is 9.66. The van der Waals surface area contributed by atoms with Crippen molar-refractivity contribution in [1.82, 2.24) is 4.98 Å². The van der Waals surface area contributed by atoms with Crippen LogP contribution in [0.3, 0.4) is 0 Å². The van der Waals surface area contributed by atoms with Gasteiger partial charge in [-0.15, -0.1) is 0 Å². The minimum Gasteiger partial charge on any atom is -0.248 e. The van der Waals surface area contributed by atoms with E-state index >= 15 is 0 Å². The molecule has 0 saturated carbocycles. The Morgan fingerprint density at radius 2 is 2.00 bits per heavy atom.